The van der Waals surface area contributed by atoms with Crippen molar-refractivity contribution in [3.05, 3.63) is 17.5 Å². The van der Waals surface area contributed by atoms with E-state index in [0.29, 0.717) is 0 Å². The van der Waals surface area contributed by atoms with Gasteiger partial charge in [0.05, 0.1) is 11.0 Å². The SMILES string of the molecule is NC(C(=O)N1CCN(c2cccs2)CC1)C1CCOCC1. The lowest BCUT2D eigenvalue weighted by molar-refractivity contribution is -0.135. The van der Waals surface area contributed by atoms with Gasteiger partial charge < -0.3 is 20.3 Å². The summed E-state index contributed by atoms with van der Waals surface area (Å²) in [6.45, 7) is 4.80. The van der Waals surface area contributed by atoms with Crippen LogP contribution in [0.25, 0.3) is 0 Å². The Hall–Kier alpha value is -1.11. The largest absolute Gasteiger partial charge is 0.381 e. The van der Waals surface area contributed by atoms with Gasteiger partial charge in [0.25, 0.3) is 0 Å². The minimum absolute atomic E-state index is 0.118. The molecule has 6 heteroatoms. The first-order valence-corrected chi connectivity index (χ1v) is 8.54. The minimum atomic E-state index is -0.359. The molecule has 0 aromatic carbocycles. The lowest BCUT2D eigenvalue weighted by Gasteiger charge is -2.38. The molecule has 1 aromatic rings. The monoisotopic (exact) mass is 309 g/mol. The maximum Gasteiger partial charge on any atom is 0.239 e. The van der Waals surface area contributed by atoms with E-state index in [9.17, 15) is 4.79 Å². The topological polar surface area (TPSA) is 58.8 Å². The minimum Gasteiger partial charge on any atom is -0.381 e. The lowest BCUT2D eigenvalue weighted by Crippen LogP contribution is -2.55. The van der Waals surface area contributed by atoms with Crippen LogP contribution in [0.3, 0.4) is 0 Å². The summed E-state index contributed by atoms with van der Waals surface area (Å²) in [5.41, 5.74) is 6.19. The number of nitrogens with zero attached hydrogens (tertiary/aromatic N) is 2. The van der Waals surface area contributed by atoms with Gasteiger partial charge in [0, 0.05) is 39.4 Å². The van der Waals surface area contributed by atoms with Crippen molar-refractivity contribution in [2.24, 2.45) is 11.7 Å². The maximum atomic E-state index is 12.5. The predicted molar refractivity (Wildman–Crippen MR) is 84.6 cm³/mol. The second kappa shape index (κ2) is 6.77. The molecule has 116 valence electrons. The molecular formula is C15H23N3O2S. The molecule has 2 aliphatic heterocycles. The molecule has 3 heterocycles. The molecule has 1 unspecified atom stereocenters. The molecule has 5 nitrogen and oxygen atoms in total. The highest BCUT2D eigenvalue weighted by Gasteiger charge is 2.31. The molecule has 2 saturated heterocycles. The van der Waals surface area contributed by atoms with E-state index in [2.05, 4.69) is 22.4 Å². The van der Waals surface area contributed by atoms with Crippen molar-refractivity contribution < 1.29 is 9.53 Å². The standard InChI is InChI=1S/C15H23N3O2S/c16-14(12-3-9-20-10-4-12)15(19)18-7-5-17(6-8-18)13-2-1-11-21-13/h1-2,11-12,14H,3-10,16H2. The number of rotatable bonds is 3. The van der Waals surface area contributed by atoms with Crippen LogP contribution in [0, 0.1) is 5.92 Å². The summed E-state index contributed by atoms with van der Waals surface area (Å²) in [4.78, 5) is 16.8. The maximum absolute atomic E-state index is 12.5. The quantitative estimate of drug-likeness (QED) is 0.910. The highest BCUT2D eigenvalue weighted by atomic mass is 32.1. The van der Waals surface area contributed by atoms with E-state index in [0.717, 1.165) is 52.2 Å². The number of carbonyl (C=O) groups is 1. The van der Waals surface area contributed by atoms with Gasteiger partial charge in [-0.25, -0.2) is 0 Å². The molecule has 1 amide bonds. The summed E-state index contributed by atoms with van der Waals surface area (Å²) in [6, 6.07) is 3.84. The number of ether oxygens (including phenoxy) is 1. The first-order valence-electron chi connectivity index (χ1n) is 7.66. The van der Waals surface area contributed by atoms with E-state index in [1.807, 2.05) is 4.90 Å². The van der Waals surface area contributed by atoms with Gasteiger partial charge in [0.15, 0.2) is 0 Å². The van der Waals surface area contributed by atoms with Crippen molar-refractivity contribution in [1.29, 1.82) is 0 Å². The number of amides is 1. The fourth-order valence-electron chi connectivity index (χ4n) is 3.08. The fourth-order valence-corrected chi connectivity index (χ4v) is 3.87. The molecule has 21 heavy (non-hydrogen) atoms. The molecule has 2 N–H and O–H groups in total. The summed E-state index contributed by atoms with van der Waals surface area (Å²) >= 11 is 1.75. The Morgan fingerprint density at radius 1 is 1.29 bits per heavy atom. The molecule has 0 radical (unpaired) electrons. The molecule has 1 atom stereocenters. The Labute approximate surface area is 129 Å². The van der Waals surface area contributed by atoms with Crippen molar-refractivity contribution >= 4 is 22.2 Å². The van der Waals surface area contributed by atoms with Gasteiger partial charge >= 0.3 is 0 Å². The molecule has 0 saturated carbocycles. The second-order valence-electron chi connectivity index (χ2n) is 5.74. The number of hydrogen-bond acceptors (Lipinski definition) is 5. The highest BCUT2D eigenvalue weighted by molar-refractivity contribution is 7.14. The highest BCUT2D eigenvalue weighted by Crippen LogP contribution is 2.23. The third-order valence-electron chi connectivity index (χ3n) is 4.47. The Kier molecular flexibility index (Phi) is 4.77. The van der Waals surface area contributed by atoms with E-state index in [1.165, 1.54) is 5.00 Å². The zero-order chi connectivity index (χ0) is 14.7. The summed E-state index contributed by atoms with van der Waals surface area (Å²) in [6.07, 6.45) is 1.81. The third-order valence-corrected chi connectivity index (χ3v) is 5.40. The van der Waals surface area contributed by atoms with Gasteiger partial charge in [0.1, 0.15) is 0 Å². The number of anilines is 1. The first-order chi connectivity index (χ1) is 10.3. The van der Waals surface area contributed by atoms with Gasteiger partial charge in [-0.2, -0.15) is 0 Å². The van der Waals surface area contributed by atoms with Crippen LogP contribution in [0.15, 0.2) is 17.5 Å². The Bertz CT molecular complexity index is 451. The summed E-state index contributed by atoms with van der Waals surface area (Å²) in [5, 5.41) is 3.38. The third kappa shape index (κ3) is 3.39. The average molecular weight is 309 g/mol. The van der Waals surface area contributed by atoms with Crippen LogP contribution in [0.2, 0.25) is 0 Å². The van der Waals surface area contributed by atoms with Crippen molar-refractivity contribution in [2.75, 3.05) is 44.3 Å². The van der Waals surface area contributed by atoms with E-state index >= 15 is 0 Å². The molecule has 2 fully saturated rings. The summed E-state index contributed by atoms with van der Waals surface area (Å²) in [7, 11) is 0. The smallest absolute Gasteiger partial charge is 0.239 e. The molecule has 1 aromatic heterocycles. The van der Waals surface area contributed by atoms with E-state index in [-0.39, 0.29) is 17.9 Å². The molecule has 2 aliphatic rings. The first kappa shape index (κ1) is 14.8. The van der Waals surface area contributed by atoms with Crippen molar-refractivity contribution in [3.8, 4) is 0 Å². The average Bonchev–Trinajstić information content (AvgIpc) is 3.09. The molecular weight excluding hydrogens is 286 g/mol. The van der Waals surface area contributed by atoms with Crippen LogP contribution < -0.4 is 10.6 Å². The lowest BCUT2D eigenvalue weighted by atomic mass is 9.91. The molecule has 0 spiro atoms. The van der Waals surface area contributed by atoms with Crippen molar-refractivity contribution in [3.63, 3.8) is 0 Å². The van der Waals surface area contributed by atoms with Crippen LogP contribution >= 0.6 is 11.3 Å². The van der Waals surface area contributed by atoms with Crippen LogP contribution in [-0.2, 0) is 9.53 Å². The van der Waals surface area contributed by atoms with E-state index in [4.69, 9.17) is 10.5 Å². The zero-order valence-corrected chi connectivity index (χ0v) is 13.1. The number of hydrogen-bond donors (Lipinski definition) is 1. The van der Waals surface area contributed by atoms with Crippen molar-refractivity contribution in [2.45, 2.75) is 18.9 Å². The molecule has 0 bridgehead atoms. The Balaban J connectivity index is 1.52. The zero-order valence-electron chi connectivity index (χ0n) is 12.2. The second-order valence-corrected chi connectivity index (χ2v) is 6.67. The Morgan fingerprint density at radius 2 is 2.00 bits per heavy atom. The van der Waals surface area contributed by atoms with Crippen LogP contribution in [0.4, 0.5) is 5.00 Å². The molecule has 0 aliphatic carbocycles. The predicted octanol–water partition coefficient (Wildman–Crippen LogP) is 1.15. The van der Waals surface area contributed by atoms with Gasteiger partial charge in [-0.1, -0.05) is 0 Å². The number of carbonyl (C=O) groups excluding carboxylic acids is 1. The van der Waals surface area contributed by atoms with Gasteiger partial charge in [0.2, 0.25) is 5.91 Å². The van der Waals surface area contributed by atoms with Crippen LogP contribution in [-0.4, -0.2) is 56.2 Å². The molecule has 3 rings (SSSR count). The van der Waals surface area contributed by atoms with Gasteiger partial charge in [-0.05, 0) is 36.3 Å². The van der Waals surface area contributed by atoms with Gasteiger partial charge in [-0.15, -0.1) is 11.3 Å². The number of thiophene rings is 1. The van der Waals surface area contributed by atoms with E-state index in [1.54, 1.807) is 11.3 Å². The summed E-state index contributed by atoms with van der Waals surface area (Å²) < 4.78 is 5.34. The number of nitrogens with two attached hydrogens (primary N) is 1. The number of piperazine rings is 1. The van der Waals surface area contributed by atoms with Crippen LogP contribution in [0.5, 0.6) is 0 Å². The van der Waals surface area contributed by atoms with E-state index < -0.39 is 0 Å². The summed E-state index contributed by atoms with van der Waals surface area (Å²) in [5.74, 6) is 0.398. The van der Waals surface area contributed by atoms with Crippen LogP contribution in [0.1, 0.15) is 12.8 Å². The fraction of sp³-hybridized carbons (Fsp3) is 0.667. The van der Waals surface area contributed by atoms with Crippen molar-refractivity contribution in [1.82, 2.24) is 4.90 Å². The normalized spacial score (nSPS) is 22.3. The Morgan fingerprint density at radius 3 is 2.62 bits per heavy atom. The van der Waals surface area contributed by atoms with Gasteiger partial charge in [-0.3, -0.25) is 4.79 Å².